The zero-order valence-corrected chi connectivity index (χ0v) is 42.3. The number of nitrogens with two attached hydrogens (primary N) is 2. The molecule has 4 aromatic carbocycles. The quantitative estimate of drug-likeness (QED) is 0.0561. The SMILES string of the molecule is C.CC(C)(C)OC(=O)Nc1ccc(F)cc1N.Cc1ncc(-c2ccnc(Nc3ccc(C(=O)Nc4cc(F)ccc4N)cc3)n2)n1C(C)C.Cc1ncc(-c2ccnc(Nc3ccc(C(=O)O)cc3)n2)n1C(C)C. The maximum atomic E-state index is 13.4. The molecule has 0 aliphatic carbocycles. The highest BCUT2D eigenvalue weighted by atomic mass is 19.1. The summed E-state index contributed by atoms with van der Waals surface area (Å²) in [6.07, 6.45) is 6.36. The molecular weight excluding hydrogens is 963 g/mol. The molecule has 0 unspecified atom stereocenters. The first kappa shape index (κ1) is 56.6. The summed E-state index contributed by atoms with van der Waals surface area (Å²) in [6.45, 7) is 17.6. The van der Waals surface area contributed by atoms with Crippen molar-refractivity contribution in [3.05, 3.63) is 156 Å². The van der Waals surface area contributed by atoms with Gasteiger partial charge in [-0.1, -0.05) is 7.43 Å². The highest BCUT2D eigenvalue weighted by Gasteiger charge is 2.18. The molecule has 8 rings (SSSR count). The maximum Gasteiger partial charge on any atom is 0.412 e. The van der Waals surface area contributed by atoms with Gasteiger partial charge in [0.25, 0.3) is 5.91 Å². The number of carbonyl (C=O) groups excluding carboxylic acids is 2. The first-order chi connectivity index (χ1) is 35.0. The molecule has 19 nitrogen and oxygen atoms in total. The van der Waals surface area contributed by atoms with E-state index in [1.807, 2.05) is 32.2 Å². The Balaban J connectivity index is 0.000000220. The van der Waals surface area contributed by atoms with Crippen LogP contribution < -0.4 is 32.7 Å². The number of anilines is 8. The lowest BCUT2D eigenvalue weighted by Gasteiger charge is -2.20. The Morgan fingerprint density at radius 1 is 0.613 bits per heavy atom. The lowest BCUT2D eigenvalue weighted by atomic mass is 10.2. The average molecular weight is 1030 g/mol. The van der Waals surface area contributed by atoms with Crippen LogP contribution in [0, 0.1) is 25.5 Å². The molecule has 0 fully saturated rings. The molecule has 8 aromatic rings. The highest BCUT2D eigenvalue weighted by molar-refractivity contribution is 6.06. The summed E-state index contributed by atoms with van der Waals surface area (Å²) in [5.41, 5.74) is 17.2. The number of aromatic nitrogens is 8. The zero-order chi connectivity index (χ0) is 53.9. The number of aromatic carboxylic acids is 1. The third-order valence-electron chi connectivity index (χ3n) is 10.5. The fourth-order valence-corrected chi connectivity index (χ4v) is 7.26. The van der Waals surface area contributed by atoms with Gasteiger partial charge < -0.3 is 46.4 Å². The van der Waals surface area contributed by atoms with Crippen molar-refractivity contribution in [2.75, 3.05) is 32.7 Å². The van der Waals surface area contributed by atoms with Crippen LogP contribution in [0.3, 0.4) is 0 Å². The van der Waals surface area contributed by atoms with Gasteiger partial charge in [-0.2, -0.15) is 0 Å². The second kappa shape index (κ2) is 24.9. The largest absolute Gasteiger partial charge is 0.478 e. The second-order valence-electron chi connectivity index (χ2n) is 18.1. The van der Waals surface area contributed by atoms with Gasteiger partial charge >= 0.3 is 12.1 Å². The van der Waals surface area contributed by atoms with Gasteiger partial charge in [-0.05, 0) is 159 Å². The Morgan fingerprint density at radius 3 is 1.53 bits per heavy atom. The number of carboxylic acids is 1. The number of amides is 2. The van der Waals surface area contributed by atoms with Crippen molar-refractivity contribution < 1.29 is 33.0 Å². The van der Waals surface area contributed by atoms with E-state index < -0.39 is 35.2 Å². The molecule has 4 heterocycles. The van der Waals surface area contributed by atoms with Crippen molar-refractivity contribution >= 4 is 64.0 Å². The number of nitrogens with zero attached hydrogens (tertiary/aromatic N) is 8. The predicted octanol–water partition coefficient (Wildman–Crippen LogP) is 12.0. The molecule has 392 valence electrons. The molecule has 9 N–H and O–H groups in total. The minimum Gasteiger partial charge on any atom is -0.478 e. The number of nitrogen functional groups attached to an aromatic ring is 2. The molecule has 0 bridgehead atoms. The molecule has 21 heteroatoms. The van der Waals surface area contributed by atoms with Gasteiger partial charge in [0.1, 0.15) is 28.9 Å². The first-order valence-electron chi connectivity index (χ1n) is 23.2. The van der Waals surface area contributed by atoms with Gasteiger partial charge in [0.15, 0.2) is 0 Å². The van der Waals surface area contributed by atoms with Crippen molar-refractivity contribution in [1.82, 2.24) is 39.0 Å². The van der Waals surface area contributed by atoms with Crippen LogP contribution in [0.15, 0.2) is 122 Å². The number of hydrogen-bond donors (Lipinski definition) is 7. The number of aryl methyl sites for hydroxylation is 2. The van der Waals surface area contributed by atoms with E-state index in [2.05, 4.69) is 88.0 Å². The minimum atomic E-state index is -0.956. The predicted molar refractivity (Wildman–Crippen MR) is 289 cm³/mol. The van der Waals surface area contributed by atoms with Crippen LogP contribution in [-0.2, 0) is 4.74 Å². The van der Waals surface area contributed by atoms with Gasteiger partial charge in [-0.15, -0.1) is 0 Å². The molecule has 0 radical (unpaired) electrons. The fraction of sp³-hybridized carbons (Fsp3) is 0.241. The Hall–Kier alpha value is -9.27. The van der Waals surface area contributed by atoms with Gasteiger partial charge in [-0.3, -0.25) is 10.1 Å². The summed E-state index contributed by atoms with van der Waals surface area (Å²) in [5.74, 6) is 0.433. The average Bonchev–Trinajstić information content (AvgIpc) is 3.94. The third kappa shape index (κ3) is 15.6. The number of halogens is 2. The van der Waals surface area contributed by atoms with Gasteiger partial charge in [0.05, 0.1) is 63.5 Å². The molecule has 0 spiro atoms. The standard InChI is InChI=1S/C24H24FN7O.C18H19N5O2.C11H15FN2O2.CH4/c1-14(2)32-15(3)28-13-22(32)20-10-11-27-24(31-20)29-18-7-4-16(5-8-18)23(33)30-21-12-17(25)6-9-19(21)26;1-11(2)23-12(3)20-10-16(23)15-8-9-19-18(22-15)21-14-6-4-13(5-7-14)17(24)25;1-11(2,3)16-10(15)14-9-5-4-7(12)6-8(9)13;/h4-14H,26H2,1-3H3,(H,30,33)(H,27,29,31);4-11H,1-3H3,(H,24,25)(H,19,21,22);4-6H,13H2,1-3H3,(H,14,15);1H4. The second-order valence-corrected chi connectivity index (χ2v) is 18.1. The Kier molecular flexibility index (Phi) is 18.8. The van der Waals surface area contributed by atoms with E-state index in [0.29, 0.717) is 28.8 Å². The van der Waals surface area contributed by atoms with Crippen LogP contribution in [0.1, 0.15) is 100 Å². The number of carboxylic acid groups (broad SMARTS) is 1. The molecule has 4 aromatic heterocycles. The number of ether oxygens (including phenoxy) is 1. The fourth-order valence-electron chi connectivity index (χ4n) is 7.26. The highest BCUT2D eigenvalue weighted by Crippen LogP contribution is 2.27. The Labute approximate surface area is 433 Å². The normalized spacial score (nSPS) is 10.8. The van der Waals surface area contributed by atoms with Crippen molar-refractivity contribution in [2.45, 2.75) is 87.4 Å². The van der Waals surface area contributed by atoms with Gasteiger partial charge in [0.2, 0.25) is 11.9 Å². The smallest absolute Gasteiger partial charge is 0.412 e. The molecule has 0 aliphatic heterocycles. The zero-order valence-electron chi connectivity index (χ0n) is 42.3. The summed E-state index contributed by atoms with van der Waals surface area (Å²) in [4.78, 5) is 61.3. The van der Waals surface area contributed by atoms with Crippen LogP contribution in [0.2, 0.25) is 0 Å². The number of benzene rings is 4. The van der Waals surface area contributed by atoms with Crippen LogP contribution in [0.25, 0.3) is 22.8 Å². The molecule has 0 saturated carbocycles. The van der Waals surface area contributed by atoms with Crippen LogP contribution in [0.5, 0.6) is 0 Å². The van der Waals surface area contributed by atoms with Gasteiger partial charge in [0, 0.05) is 41.4 Å². The van der Waals surface area contributed by atoms with E-state index in [0.717, 1.165) is 46.2 Å². The molecule has 0 atom stereocenters. The van der Waals surface area contributed by atoms with Gasteiger partial charge in [-0.25, -0.2) is 48.3 Å². The number of carbonyl (C=O) groups is 3. The molecular formula is C54H62F2N14O5. The molecule has 75 heavy (non-hydrogen) atoms. The number of rotatable bonds is 12. The molecule has 2 amide bonds. The minimum absolute atomic E-state index is 0. The third-order valence-corrected chi connectivity index (χ3v) is 10.5. The molecule has 0 aliphatic rings. The summed E-state index contributed by atoms with van der Waals surface area (Å²) in [6, 6.07) is 24.9. The van der Waals surface area contributed by atoms with E-state index in [4.69, 9.17) is 21.3 Å². The lowest BCUT2D eigenvalue weighted by Crippen LogP contribution is -2.27. The van der Waals surface area contributed by atoms with E-state index >= 15 is 0 Å². The van der Waals surface area contributed by atoms with Crippen LogP contribution in [-0.4, -0.2) is 67.7 Å². The summed E-state index contributed by atoms with van der Waals surface area (Å²) < 4.78 is 35.4. The molecule has 0 saturated heterocycles. The first-order valence-corrected chi connectivity index (χ1v) is 23.2. The van der Waals surface area contributed by atoms with Crippen LogP contribution >= 0.6 is 0 Å². The van der Waals surface area contributed by atoms with Crippen molar-refractivity contribution in [3.63, 3.8) is 0 Å². The van der Waals surface area contributed by atoms with Crippen molar-refractivity contribution in [1.29, 1.82) is 0 Å². The van der Waals surface area contributed by atoms with E-state index in [1.54, 1.807) is 75.8 Å². The van der Waals surface area contributed by atoms with E-state index in [-0.39, 0.29) is 42.1 Å². The number of hydrogen-bond acceptors (Lipinski definition) is 14. The number of nitrogens with one attached hydrogen (secondary N) is 4. The summed E-state index contributed by atoms with van der Waals surface area (Å²) in [7, 11) is 0. The summed E-state index contributed by atoms with van der Waals surface area (Å²) >= 11 is 0. The maximum absolute atomic E-state index is 13.4. The van der Waals surface area contributed by atoms with E-state index in [9.17, 15) is 23.2 Å². The summed E-state index contributed by atoms with van der Waals surface area (Å²) in [5, 5.41) is 20.2. The van der Waals surface area contributed by atoms with Crippen molar-refractivity contribution in [3.8, 4) is 22.8 Å². The Bertz CT molecular complexity index is 3240. The monoisotopic (exact) mass is 1020 g/mol. The van der Waals surface area contributed by atoms with Crippen LogP contribution in [0.4, 0.5) is 59.6 Å². The van der Waals surface area contributed by atoms with E-state index in [1.165, 1.54) is 42.5 Å². The van der Waals surface area contributed by atoms with Crippen molar-refractivity contribution in [2.24, 2.45) is 0 Å². The Morgan fingerprint density at radius 2 is 1.08 bits per heavy atom. The number of imidazole rings is 2. The topological polar surface area (TPSA) is 268 Å². The lowest BCUT2D eigenvalue weighted by molar-refractivity contribution is 0.0634.